The van der Waals surface area contributed by atoms with E-state index in [0.717, 1.165) is 12.3 Å². The van der Waals surface area contributed by atoms with Crippen LogP contribution in [0.1, 0.15) is 10.5 Å². The zero-order valence-corrected chi connectivity index (χ0v) is 9.88. The molecule has 2 rings (SSSR count). The molecule has 4 nitrogen and oxygen atoms in total. The summed E-state index contributed by atoms with van der Waals surface area (Å²) in [6.45, 7) is 0. The number of nitrogens with zero attached hydrogens (tertiary/aromatic N) is 2. The molecule has 0 aliphatic heterocycles. The molecule has 8 heteroatoms. The molecular formula is C11H5ClF3N3O. The van der Waals surface area contributed by atoms with Crippen LogP contribution in [0, 0.1) is 17.5 Å². The summed E-state index contributed by atoms with van der Waals surface area (Å²) in [5.74, 6) is -5.36. The second-order valence-electron chi connectivity index (χ2n) is 3.40. The van der Waals surface area contributed by atoms with Crippen LogP contribution in [0.2, 0.25) is 5.15 Å². The van der Waals surface area contributed by atoms with Gasteiger partial charge in [0.05, 0.1) is 18.1 Å². The van der Waals surface area contributed by atoms with Gasteiger partial charge in [0, 0.05) is 0 Å². The minimum Gasteiger partial charge on any atom is -0.318 e. The lowest BCUT2D eigenvalue weighted by Crippen LogP contribution is -2.15. The van der Waals surface area contributed by atoms with Crippen molar-refractivity contribution in [1.82, 2.24) is 9.97 Å². The van der Waals surface area contributed by atoms with Crippen LogP contribution in [-0.2, 0) is 0 Å². The van der Waals surface area contributed by atoms with Gasteiger partial charge in [-0.05, 0) is 12.1 Å². The molecule has 1 aromatic carbocycles. The number of aromatic nitrogens is 2. The molecule has 0 fully saturated rings. The van der Waals surface area contributed by atoms with Crippen LogP contribution in [-0.4, -0.2) is 15.9 Å². The number of hydrogen-bond donors (Lipinski definition) is 1. The third-order valence-corrected chi connectivity index (χ3v) is 2.30. The van der Waals surface area contributed by atoms with Crippen LogP contribution < -0.4 is 5.32 Å². The monoisotopic (exact) mass is 287 g/mol. The van der Waals surface area contributed by atoms with E-state index in [1.165, 1.54) is 6.20 Å². The molecule has 0 radical (unpaired) electrons. The van der Waals surface area contributed by atoms with Crippen molar-refractivity contribution >= 4 is 23.2 Å². The summed E-state index contributed by atoms with van der Waals surface area (Å²) in [4.78, 5) is 18.9. The van der Waals surface area contributed by atoms with E-state index in [0.29, 0.717) is 6.07 Å². The van der Waals surface area contributed by atoms with Crippen LogP contribution in [0.15, 0.2) is 24.5 Å². The maximum absolute atomic E-state index is 13.3. The zero-order valence-electron chi connectivity index (χ0n) is 9.12. The van der Waals surface area contributed by atoms with Crippen molar-refractivity contribution in [3.05, 3.63) is 52.8 Å². The average molecular weight is 288 g/mol. The summed E-state index contributed by atoms with van der Waals surface area (Å²) in [6, 6.07) is 1.58. The lowest BCUT2D eigenvalue weighted by molar-refractivity contribution is 0.102. The molecule has 0 bridgehead atoms. The van der Waals surface area contributed by atoms with Crippen molar-refractivity contribution in [1.29, 1.82) is 0 Å². The Morgan fingerprint density at radius 2 is 1.89 bits per heavy atom. The quantitative estimate of drug-likeness (QED) is 0.864. The zero-order chi connectivity index (χ0) is 14.0. The van der Waals surface area contributed by atoms with Gasteiger partial charge in [0.1, 0.15) is 10.8 Å². The summed E-state index contributed by atoms with van der Waals surface area (Å²) in [5.41, 5.74) is -0.692. The molecule has 1 N–H and O–H groups in total. The van der Waals surface area contributed by atoms with Crippen LogP contribution in [0.3, 0.4) is 0 Å². The van der Waals surface area contributed by atoms with Gasteiger partial charge in [-0.2, -0.15) is 0 Å². The number of halogens is 4. The Morgan fingerprint density at radius 3 is 2.58 bits per heavy atom. The van der Waals surface area contributed by atoms with E-state index >= 15 is 0 Å². The van der Waals surface area contributed by atoms with Gasteiger partial charge in [0.15, 0.2) is 17.5 Å². The summed E-state index contributed by atoms with van der Waals surface area (Å²) in [5, 5.41) is 2.01. The van der Waals surface area contributed by atoms with Crippen molar-refractivity contribution in [3.8, 4) is 0 Å². The van der Waals surface area contributed by atoms with E-state index in [4.69, 9.17) is 11.6 Å². The Morgan fingerprint density at radius 1 is 1.16 bits per heavy atom. The second kappa shape index (κ2) is 5.23. The topological polar surface area (TPSA) is 54.9 Å². The maximum Gasteiger partial charge on any atom is 0.276 e. The van der Waals surface area contributed by atoms with Crippen molar-refractivity contribution in [2.24, 2.45) is 0 Å². The van der Waals surface area contributed by atoms with Gasteiger partial charge in [-0.3, -0.25) is 9.78 Å². The molecular weight excluding hydrogens is 283 g/mol. The predicted octanol–water partition coefficient (Wildman–Crippen LogP) is 2.80. The fourth-order valence-electron chi connectivity index (χ4n) is 1.26. The highest BCUT2D eigenvalue weighted by Crippen LogP contribution is 2.20. The molecule has 0 unspecified atom stereocenters. The summed E-state index contributed by atoms with van der Waals surface area (Å²) in [6.07, 6.45) is 2.30. The first-order chi connectivity index (χ1) is 8.99. The summed E-state index contributed by atoms with van der Waals surface area (Å²) in [7, 11) is 0. The molecule has 1 heterocycles. The second-order valence-corrected chi connectivity index (χ2v) is 3.79. The molecule has 1 amide bonds. The van der Waals surface area contributed by atoms with E-state index in [9.17, 15) is 18.0 Å². The molecule has 19 heavy (non-hydrogen) atoms. The van der Waals surface area contributed by atoms with Crippen molar-refractivity contribution in [2.75, 3.05) is 5.32 Å². The minimum atomic E-state index is -1.67. The minimum absolute atomic E-state index is 0.0293. The SMILES string of the molecule is O=C(Nc1ccc(F)c(F)c1F)c1cncc(Cl)n1. The third kappa shape index (κ3) is 2.82. The number of hydrogen-bond acceptors (Lipinski definition) is 3. The van der Waals surface area contributed by atoms with Crippen LogP contribution in [0.25, 0.3) is 0 Å². The van der Waals surface area contributed by atoms with Gasteiger partial charge in [-0.1, -0.05) is 11.6 Å². The number of amides is 1. The van der Waals surface area contributed by atoms with Gasteiger partial charge >= 0.3 is 0 Å². The van der Waals surface area contributed by atoms with Crippen LogP contribution in [0.4, 0.5) is 18.9 Å². The van der Waals surface area contributed by atoms with E-state index in [1.807, 2.05) is 5.32 Å². The predicted molar refractivity (Wildman–Crippen MR) is 61.3 cm³/mol. The number of anilines is 1. The standard InChI is InChI=1S/C11H5ClF3N3O/c12-8-4-16-3-7(17-8)11(19)18-6-2-1-5(13)9(14)10(6)15/h1-4H,(H,18,19). The number of benzene rings is 1. The van der Waals surface area contributed by atoms with E-state index < -0.39 is 29.0 Å². The first-order valence-electron chi connectivity index (χ1n) is 4.91. The Kier molecular flexibility index (Phi) is 3.66. The first kappa shape index (κ1) is 13.3. The van der Waals surface area contributed by atoms with Gasteiger partial charge in [-0.15, -0.1) is 0 Å². The third-order valence-electron chi connectivity index (χ3n) is 2.12. The van der Waals surface area contributed by atoms with Gasteiger partial charge in [0.2, 0.25) is 0 Å². The molecule has 0 atom stereocenters. The normalized spacial score (nSPS) is 10.3. The molecule has 0 spiro atoms. The van der Waals surface area contributed by atoms with Gasteiger partial charge in [-0.25, -0.2) is 18.2 Å². The number of nitrogens with one attached hydrogen (secondary N) is 1. The van der Waals surface area contributed by atoms with Gasteiger partial charge < -0.3 is 5.32 Å². The molecule has 0 saturated heterocycles. The maximum atomic E-state index is 13.3. The van der Waals surface area contributed by atoms with E-state index in [1.54, 1.807) is 0 Å². The first-order valence-corrected chi connectivity index (χ1v) is 5.29. The van der Waals surface area contributed by atoms with Crippen LogP contribution >= 0.6 is 11.6 Å². The largest absolute Gasteiger partial charge is 0.318 e. The number of carbonyl (C=O) groups excluding carboxylic acids is 1. The number of rotatable bonds is 2. The van der Waals surface area contributed by atoms with E-state index in [-0.39, 0.29) is 10.8 Å². The summed E-state index contributed by atoms with van der Waals surface area (Å²) >= 11 is 5.53. The lowest BCUT2D eigenvalue weighted by atomic mass is 10.2. The Hall–Kier alpha value is -2.15. The molecule has 2 aromatic rings. The molecule has 1 aromatic heterocycles. The summed E-state index contributed by atoms with van der Waals surface area (Å²) < 4.78 is 39.0. The smallest absolute Gasteiger partial charge is 0.276 e. The average Bonchev–Trinajstić information content (AvgIpc) is 2.39. The van der Waals surface area contributed by atoms with E-state index in [2.05, 4.69) is 9.97 Å². The Labute approximate surface area is 110 Å². The highest BCUT2D eigenvalue weighted by molar-refractivity contribution is 6.29. The Bertz CT molecular complexity index is 651. The number of carbonyl (C=O) groups is 1. The molecule has 98 valence electrons. The highest BCUT2D eigenvalue weighted by atomic mass is 35.5. The fourth-order valence-corrected chi connectivity index (χ4v) is 1.41. The molecule has 0 aliphatic rings. The molecule has 0 aliphatic carbocycles. The van der Waals surface area contributed by atoms with Crippen molar-refractivity contribution in [3.63, 3.8) is 0 Å². The lowest BCUT2D eigenvalue weighted by Gasteiger charge is -2.06. The van der Waals surface area contributed by atoms with Crippen molar-refractivity contribution in [2.45, 2.75) is 0 Å². The van der Waals surface area contributed by atoms with Crippen LogP contribution in [0.5, 0.6) is 0 Å². The molecule has 0 saturated carbocycles. The van der Waals surface area contributed by atoms with Gasteiger partial charge in [0.25, 0.3) is 5.91 Å². The fraction of sp³-hybridized carbons (Fsp3) is 0. The highest BCUT2D eigenvalue weighted by Gasteiger charge is 2.16. The van der Waals surface area contributed by atoms with Crippen molar-refractivity contribution < 1.29 is 18.0 Å². The Balaban J connectivity index is 2.27.